The SMILES string of the molecule is c1cc(-c2nc(-c3ccc(-n4c5ccccc5c5ccccc54)cc3)c3sc4ccccc4c3n2)cc(-n2c3ccccc3c3ccccc32)c1.c1cc(-c2nc(-c3ccc4c(c3)sc3ccccc34)c3sc4ccccc4c3n2)cc(-n2c3ccccc3c3ccccc32)c1.c1ccc2c(c1)sc1cc(-c3nc(-c4ccc(-n5c6ccccc6c6ccccc65)cc4)nc4c3sc3ccccc34)ccc12. The van der Waals surface area contributed by atoms with E-state index in [1.54, 1.807) is 34.0 Å². The normalized spacial score (nSPS) is 12.0. The fraction of sp³-hybridized carbons (Fsp3) is 0. The number of para-hydroxylation sites is 8. The van der Waals surface area contributed by atoms with E-state index in [-0.39, 0.29) is 0 Å². The topological polar surface area (TPSA) is 97.1 Å². The van der Waals surface area contributed by atoms with Crippen molar-refractivity contribution in [2.75, 3.05) is 0 Å². The third-order valence-corrected chi connectivity index (χ3v) is 33.6. The molecule has 10 nitrogen and oxygen atoms in total. The fourth-order valence-corrected chi connectivity index (χ4v) is 27.1. The summed E-state index contributed by atoms with van der Waals surface area (Å²) in [6, 6.07) is 160. The molecule has 0 N–H and O–H groups in total. The molecule has 141 heavy (non-hydrogen) atoms. The molecular weight excluding hydrogens is 1810 g/mol. The average molecular weight is 1890 g/mol. The summed E-state index contributed by atoms with van der Waals surface area (Å²) in [5, 5.41) is 18.7. The van der Waals surface area contributed by atoms with Gasteiger partial charge in [0.25, 0.3) is 0 Å². The molecule has 0 aliphatic carbocycles. The van der Waals surface area contributed by atoms with Crippen LogP contribution in [0.1, 0.15) is 0 Å². The van der Waals surface area contributed by atoms with E-state index in [2.05, 4.69) is 467 Å². The smallest absolute Gasteiger partial charge is 0.160 e. The molecule has 19 aromatic carbocycles. The Balaban J connectivity index is 0.000000102. The Kier molecular flexibility index (Phi) is 18.8. The summed E-state index contributed by atoms with van der Waals surface area (Å²) in [6.07, 6.45) is 0. The van der Waals surface area contributed by atoms with Crippen molar-refractivity contribution < 1.29 is 0 Å². The van der Waals surface area contributed by atoms with Crippen LogP contribution >= 0.6 is 56.7 Å². The largest absolute Gasteiger partial charge is 0.309 e. The van der Waals surface area contributed by atoms with Crippen molar-refractivity contribution >= 4 is 245 Å². The van der Waals surface area contributed by atoms with Crippen LogP contribution in [0.5, 0.6) is 0 Å². The van der Waals surface area contributed by atoms with E-state index in [4.69, 9.17) is 29.9 Å². The zero-order chi connectivity index (χ0) is 92.4. The van der Waals surface area contributed by atoms with E-state index < -0.39 is 0 Å². The average Bonchev–Trinajstić information content (AvgIpc) is 1.66. The number of fused-ring (bicyclic) bond motifs is 27. The summed E-state index contributed by atoms with van der Waals surface area (Å²) >= 11 is 9.00. The van der Waals surface area contributed by atoms with Crippen molar-refractivity contribution in [2.24, 2.45) is 0 Å². The van der Waals surface area contributed by atoms with Gasteiger partial charge in [-0.05, 0) is 152 Å². The molecule has 31 aromatic rings. The van der Waals surface area contributed by atoms with Gasteiger partial charge in [-0.1, -0.05) is 297 Å². The molecule has 15 heteroatoms. The Bertz CT molecular complexity index is 10400. The van der Waals surface area contributed by atoms with Gasteiger partial charge in [-0.2, -0.15) is 0 Å². The predicted octanol–water partition coefficient (Wildman–Crippen LogP) is 35.7. The molecule has 0 radical (unpaired) electrons. The second-order valence-electron chi connectivity index (χ2n) is 35.8. The first-order valence-corrected chi connectivity index (χ1v) is 51.3. The second-order valence-corrected chi connectivity index (χ2v) is 41.1. The van der Waals surface area contributed by atoms with E-state index in [0.717, 1.165) is 127 Å². The Labute approximate surface area is 826 Å². The van der Waals surface area contributed by atoms with Gasteiger partial charge in [0.05, 0.1) is 91.9 Å². The standard InChI is InChI=1S/C46H28N4S.2C40H23N3S2/c1-6-19-38-33(14-1)34-15-2-7-20-39(34)49(38)31-26-24-29(25-27-31)43-45-44(37-18-5-10-23-42(37)51-45)48-46(47-43)30-12-11-13-32(28-30)50-40-21-8-3-16-35(40)36-17-4-9-22-41(36)50;1-5-16-32-27(12-1)28-13-2-6-17-33(28)43(32)26-11-9-10-25(22-26)40-41-37(39-38(42-40)31-15-4-8-19-35(31)45-39)24-20-21-30-29-14-3-7-18-34(29)44-36(30)23-24;1-5-13-32-27(9-1)28-10-2-6-14-33(28)43(32)26-20-17-24(18-21-26)40-41-37(39-38(42-40)31-12-4-8-16-35(31)45-39)25-19-22-30-29-11-3-7-15-34(29)44-36(30)23-25/h1-28H;2*1-23H. The Morgan fingerprint density at radius 2 is 0.376 bits per heavy atom. The van der Waals surface area contributed by atoms with Crippen LogP contribution in [0, 0.1) is 0 Å². The van der Waals surface area contributed by atoms with Crippen LogP contribution in [0.25, 0.3) is 279 Å². The highest BCUT2D eigenvalue weighted by Gasteiger charge is 2.26. The lowest BCUT2D eigenvalue weighted by atomic mass is 10.1. The van der Waals surface area contributed by atoms with Crippen molar-refractivity contribution in [3.63, 3.8) is 0 Å². The summed E-state index contributed by atoms with van der Waals surface area (Å²) in [7, 11) is 0. The Morgan fingerprint density at radius 3 is 0.688 bits per heavy atom. The molecule has 0 aliphatic rings. The fourth-order valence-electron chi connectivity index (χ4n) is 21.4. The minimum Gasteiger partial charge on any atom is -0.309 e. The van der Waals surface area contributed by atoms with Gasteiger partial charge in [-0.15, -0.1) is 56.7 Å². The van der Waals surface area contributed by atoms with E-state index in [9.17, 15) is 0 Å². The first kappa shape index (κ1) is 80.9. The lowest BCUT2D eigenvalue weighted by Crippen LogP contribution is -1.97. The molecule has 31 rings (SSSR count). The summed E-state index contributed by atoms with van der Waals surface area (Å²) in [6.45, 7) is 0. The number of rotatable bonds is 10. The van der Waals surface area contributed by atoms with Gasteiger partial charge in [-0.25, -0.2) is 29.9 Å². The van der Waals surface area contributed by atoms with E-state index in [0.29, 0.717) is 0 Å². The zero-order valence-electron chi connectivity index (χ0n) is 75.2. The summed E-state index contributed by atoms with van der Waals surface area (Å²) in [5.74, 6) is 2.20. The maximum atomic E-state index is 5.36. The van der Waals surface area contributed by atoms with E-state index in [1.807, 2.05) is 22.7 Å². The molecule has 12 heterocycles. The number of nitrogens with zero attached hydrogens (tertiary/aromatic N) is 10. The third kappa shape index (κ3) is 13.2. The molecule has 0 saturated heterocycles. The van der Waals surface area contributed by atoms with Gasteiger partial charge in [0.2, 0.25) is 0 Å². The molecule has 0 saturated carbocycles. The molecule has 0 spiro atoms. The van der Waals surface area contributed by atoms with E-state index >= 15 is 0 Å². The van der Waals surface area contributed by atoms with Crippen molar-refractivity contribution in [3.05, 3.63) is 449 Å². The highest BCUT2D eigenvalue weighted by molar-refractivity contribution is 7.28. The number of thiophene rings is 5. The van der Waals surface area contributed by atoms with Gasteiger partial charge >= 0.3 is 0 Å². The molecule has 0 amide bonds. The minimum absolute atomic E-state index is 0.718. The van der Waals surface area contributed by atoms with Crippen LogP contribution in [0.2, 0.25) is 0 Å². The van der Waals surface area contributed by atoms with Crippen molar-refractivity contribution in [3.8, 4) is 90.7 Å². The van der Waals surface area contributed by atoms with Crippen LogP contribution in [-0.2, 0) is 0 Å². The predicted molar refractivity (Wildman–Crippen MR) is 601 cm³/mol. The first-order chi connectivity index (χ1) is 69.9. The van der Waals surface area contributed by atoms with Crippen LogP contribution in [0.4, 0.5) is 0 Å². The third-order valence-electron chi connectivity index (χ3n) is 27.8. The van der Waals surface area contributed by atoms with Crippen LogP contribution in [0.3, 0.4) is 0 Å². The maximum absolute atomic E-state index is 5.36. The molecular formula is C126H74N10S5. The van der Waals surface area contributed by atoms with Gasteiger partial charge in [0, 0.05) is 170 Å². The van der Waals surface area contributed by atoms with Gasteiger partial charge in [0.1, 0.15) is 0 Å². The van der Waals surface area contributed by atoms with Crippen LogP contribution < -0.4 is 0 Å². The zero-order valence-corrected chi connectivity index (χ0v) is 79.3. The van der Waals surface area contributed by atoms with Crippen molar-refractivity contribution in [1.82, 2.24) is 48.2 Å². The number of aromatic nitrogens is 10. The quantitative estimate of drug-likeness (QED) is 0.135. The molecule has 0 atom stereocenters. The minimum atomic E-state index is 0.718. The van der Waals surface area contributed by atoms with Crippen molar-refractivity contribution in [2.45, 2.75) is 0 Å². The first-order valence-electron chi connectivity index (χ1n) is 47.2. The van der Waals surface area contributed by atoms with Gasteiger partial charge < -0.3 is 18.3 Å². The summed E-state index contributed by atoms with van der Waals surface area (Å²) in [4.78, 5) is 31.7. The van der Waals surface area contributed by atoms with Crippen molar-refractivity contribution in [1.29, 1.82) is 0 Å². The second kappa shape index (κ2) is 32.7. The number of benzene rings is 19. The number of hydrogen-bond acceptors (Lipinski definition) is 11. The molecule has 0 unspecified atom stereocenters. The summed E-state index contributed by atoms with van der Waals surface area (Å²) in [5.41, 5.74) is 26.2. The highest BCUT2D eigenvalue weighted by atomic mass is 32.1. The molecule has 658 valence electrons. The Morgan fingerprint density at radius 1 is 0.142 bits per heavy atom. The maximum Gasteiger partial charge on any atom is 0.160 e. The Hall–Kier alpha value is -17.3. The van der Waals surface area contributed by atoms with E-state index in [1.165, 1.54) is 152 Å². The van der Waals surface area contributed by atoms with Crippen LogP contribution in [-0.4, -0.2) is 48.2 Å². The molecule has 0 aliphatic heterocycles. The highest BCUT2D eigenvalue weighted by Crippen LogP contribution is 2.49. The molecule has 0 fully saturated rings. The lowest BCUT2D eigenvalue weighted by molar-refractivity contribution is 1.17. The number of hydrogen-bond donors (Lipinski definition) is 0. The summed E-state index contributed by atoms with van der Waals surface area (Å²) < 4.78 is 21.6. The molecule has 0 bridgehead atoms. The lowest BCUT2D eigenvalue weighted by Gasteiger charge is -2.12. The van der Waals surface area contributed by atoms with Gasteiger partial charge in [0.15, 0.2) is 17.5 Å². The monoisotopic (exact) mass is 1890 g/mol. The molecule has 12 aromatic heterocycles. The van der Waals surface area contributed by atoms with Crippen LogP contribution in [0.15, 0.2) is 449 Å². The van der Waals surface area contributed by atoms with Gasteiger partial charge in [-0.3, -0.25) is 0 Å².